The van der Waals surface area contributed by atoms with E-state index in [2.05, 4.69) is 12.2 Å². The van der Waals surface area contributed by atoms with Gasteiger partial charge in [-0.2, -0.15) is 0 Å². The molecule has 0 fully saturated rings. The minimum absolute atomic E-state index is 0.0785. The first-order valence-corrected chi connectivity index (χ1v) is 9.91. The summed E-state index contributed by atoms with van der Waals surface area (Å²) in [4.78, 5) is 22.7. The lowest BCUT2D eigenvalue weighted by atomic mass is 10.0. The first-order valence-electron chi connectivity index (χ1n) is 9.91. The molecule has 4 heteroatoms. The molecule has 0 heterocycles. The third-order valence-corrected chi connectivity index (χ3v) is 4.29. The molecule has 0 aliphatic heterocycles. The highest BCUT2D eigenvalue weighted by molar-refractivity contribution is 5.78. The number of esters is 1. The van der Waals surface area contributed by atoms with Gasteiger partial charge in [-0.15, -0.1) is 0 Å². The smallest absolute Gasteiger partial charge is 0.328 e. The largest absolute Gasteiger partial charge is 0.461 e. The molecule has 0 unspecified atom stereocenters. The Balaban J connectivity index is 3.74. The highest BCUT2D eigenvalue weighted by Gasteiger charge is 2.22. The van der Waals surface area contributed by atoms with E-state index in [1.165, 1.54) is 51.4 Å². The molecule has 0 saturated carbocycles. The number of amides is 1. The molecule has 0 saturated heterocycles. The molecule has 0 rings (SSSR count). The monoisotopic (exact) mass is 341 g/mol. The van der Waals surface area contributed by atoms with Crippen molar-refractivity contribution < 1.29 is 14.3 Å². The van der Waals surface area contributed by atoms with Gasteiger partial charge in [0.05, 0.1) is 6.10 Å². The van der Waals surface area contributed by atoms with Gasteiger partial charge in [0.2, 0.25) is 6.41 Å². The van der Waals surface area contributed by atoms with Crippen LogP contribution in [0.1, 0.15) is 98.3 Å². The van der Waals surface area contributed by atoms with E-state index in [0.29, 0.717) is 18.7 Å². The Labute approximate surface area is 149 Å². The van der Waals surface area contributed by atoms with Crippen molar-refractivity contribution in [3.63, 3.8) is 0 Å². The standard InChI is InChI=1S/C20H39NO3/c1-5-6-7-8-9-10-11-12-13-14-18(4)24-20(23)19(21-16-22)15-17(2)3/h16-19H,5-15H2,1-4H3,(H,21,22)/t18-,19+/m1/s1. The van der Waals surface area contributed by atoms with Gasteiger partial charge in [0.15, 0.2) is 0 Å². The van der Waals surface area contributed by atoms with Crippen LogP contribution in [0, 0.1) is 5.92 Å². The highest BCUT2D eigenvalue weighted by Crippen LogP contribution is 2.13. The van der Waals surface area contributed by atoms with Crippen molar-refractivity contribution >= 4 is 12.4 Å². The van der Waals surface area contributed by atoms with Crippen molar-refractivity contribution in [2.45, 2.75) is 110 Å². The van der Waals surface area contributed by atoms with Gasteiger partial charge in [-0.25, -0.2) is 4.79 Å². The van der Waals surface area contributed by atoms with Crippen LogP contribution >= 0.6 is 0 Å². The van der Waals surface area contributed by atoms with Gasteiger partial charge >= 0.3 is 5.97 Å². The Kier molecular flexibility index (Phi) is 14.8. The molecular weight excluding hydrogens is 302 g/mol. The minimum Gasteiger partial charge on any atom is -0.461 e. The quantitative estimate of drug-likeness (QED) is 0.244. The summed E-state index contributed by atoms with van der Waals surface area (Å²) in [5.74, 6) is 0.0295. The molecule has 0 aromatic carbocycles. The zero-order valence-corrected chi connectivity index (χ0v) is 16.3. The van der Waals surface area contributed by atoms with Crippen molar-refractivity contribution in [2.75, 3.05) is 0 Å². The number of ether oxygens (including phenoxy) is 1. The number of carbonyl (C=O) groups excluding carboxylic acids is 2. The maximum absolute atomic E-state index is 12.1. The molecule has 24 heavy (non-hydrogen) atoms. The fraction of sp³-hybridized carbons (Fsp3) is 0.900. The molecular formula is C20H39NO3. The zero-order valence-electron chi connectivity index (χ0n) is 16.3. The lowest BCUT2D eigenvalue weighted by molar-refractivity contribution is -0.152. The molecule has 1 amide bonds. The summed E-state index contributed by atoms with van der Waals surface area (Å²) in [5.41, 5.74) is 0. The van der Waals surface area contributed by atoms with Crippen molar-refractivity contribution in [2.24, 2.45) is 5.92 Å². The molecule has 142 valence electrons. The molecule has 0 bridgehead atoms. The second-order valence-corrected chi connectivity index (χ2v) is 7.33. The van der Waals surface area contributed by atoms with Gasteiger partial charge < -0.3 is 10.1 Å². The predicted molar refractivity (Wildman–Crippen MR) is 99.8 cm³/mol. The molecule has 2 atom stereocenters. The molecule has 0 aliphatic rings. The summed E-state index contributed by atoms with van der Waals surface area (Å²) in [5, 5.41) is 2.57. The normalized spacial score (nSPS) is 13.5. The average Bonchev–Trinajstić information content (AvgIpc) is 2.52. The van der Waals surface area contributed by atoms with Crippen LogP contribution in [0.4, 0.5) is 0 Å². The summed E-state index contributed by atoms with van der Waals surface area (Å²) < 4.78 is 5.48. The molecule has 0 aliphatic carbocycles. The van der Waals surface area contributed by atoms with Gasteiger partial charge in [0, 0.05) is 0 Å². The third kappa shape index (κ3) is 13.4. The van der Waals surface area contributed by atoms with Crippen LogP contribution < -0.4 is 5.32 Å². The van der Waals surface area contributed by atoms with Gasteiger partial charge in [-0.1, -0.05) is 72.1 Å². The maximum Gasteiger partial charge on any atom is 0.328 e. The van der Waals surface area contributed by atoms with Crippen LogP contribution in [-0.2, 0) is 14.3 Å². The van der Waals surface area contributed by atoms with Crippen LogP contribution in [0.5, 0.6) is 0 Å². The highest BCUT2D eigenvalue weighted by atomic mass is 16.5. The van der Waals surface area contributed by atoms with E-state index in [0.717, 1.165) is 12.8 Å². The van der Waals surface area contributed by atoms with Crippen LogP contribution in [-0.4, -0.2) is 24.5 Å². The van der Waals surface area contributed by atoms with Gasteiger partial charge in [0.1, 0.15) is 6.04 Å². The molecule has 0 aromatic heterocycles. The number of nitrogens with one attached hydrogen (secondary N) is 1. The molecule has 0 spiro atoms. The maximum atomic E-state index is 12.1. The second-order valence-electron chi connectivity index (χ2n) is 7.33. The van der Waals surface area contributed by atoms with Gasteiger partial charge in [0.25, 0.3) is 0 Å². The van der Waals surface area contributed by atoms with E-state index in [1.807, 2.05) is 20.8 Å². The molecule has 4 nitrogen and oxygen atoms in total. The number of rotatable bonds is 16. The summed E-state index contributed by atoms with van der Waals surface area (Å²) in [7, 11) is 0. The van der Waals surface area contributed by atoms with Crippen LogP contribution in [0.2, 0.25) is 0 Å². The van der Waals surface area contributed by atoms with Crippen molar-refractivity contribution in [3.8, 4) is 0 Å². The summed E-state index contributed by atoms with van der Waals surface area (Å²) in [6, 6.07) is -0.520. The fourth-order valence-corrected chi connectivity index (χ4v) is 2.87. The minimum atomic E-state index is -0.520. The fourth-order valence-electron chi connectivity index (χ4n) is 2.87. The van der Waals surface area contributed by atoms with E-state index in [9.17, 15) is 9.59 Å². The Morgan fingerprint density at radius 2 is 1.50 bits per heavy atom. The molecule has 0 radical (unpaired) electrons. The Morgan fingerprint density at radius 3 is 2.00 bits per heavy atom. The van der Waals surface area contributed by atoms with E-state index < -0.39 is 6.04 Å². The summed E-state index contributed by atoms with van der Waals surface area (Å²) >= 11 is 0. The van der Waals surface area contributed by atoms with Gasteiger partial charge in [-0.05, 0) is 32.1 Å². The SMILES string of the molecule is CCCCCCCCCCC[C@@H](C)OC(=O)[C@H](CC(C)C)NC=O. The summed E-state index contributed by atoms with van der Waals surface area (Å²) in [6.45, 7) is 8.24. The first-order chi connectivity index (χ1) is 11.5. The van der Waals surface area contributed by atoms with E-state index in [1.54, 1.807) is 0 Å². The lowest BCUT2D eigenvalue weighted by Crippen LogP contribution is -2.39. The average molecular weight is 342 g/mol. The lowest BCUT2D eigenvalue weighted by Gasteiger charge is -2.20. The third-order valence-electron chi connectivity index (χ3n) is 4.29. The Hall–Kier alpha value is -1.06. The Morgan fingerprint density at radius 1 is 0.958 bits per heavy atom. The number of carbonyl (C=O) groups is 2. The summed E-state index contributed by atoms with van der Waals surface area (Å²) in [6.07, 6.45) is 13.7. The van der Waals surface area contributed by atoms with Crippen molar-refractivity contribution in [1.82, 2.24) is 5.32 Å². The molecule has 0 aromatic rings. The molecule has 1 N–H and O–H groups in total. The van der Waals surface area contributed by atoms with Crippen molar-refractivity contribution in [1.29, 1.82) is 0 Å². The predicted octanol–water partition coefficient (Wildman–Crippen LogP) is 5.00. The zero-order chi connectivity index (χ0) is 18.2. The second kappa shape index (κ2) is 15.5. The van der Waals surface area contributed by atoms with E-state index in [-0.39, 0.29) is 12.1 Å². The van der Waals surface area contributed by atoms with Crippen LogP contribution in [0.15, 0.2) is 0 Å². The van der Waals surface area contributed by atoms with Crippen molar-refractivity contribution in [3.05, 3.63) is 0 Å². The topological polar surface area (TPSA) is 55.4 Å². The number of hydrogen-bond acceptors (Lipinski definition) is 3. The first kappa shape index (κ1) is 22.9. The van der Waals surface area contributed by atoms with Crippen LogP contribution in [0.3, 0.4) is 0 Å². The Bertz CT molecular complexity index is 318. The van der Waals surface area contributed by atoms with E-state index in [4.69, 9.17) is 4.74 Å². The van der Waals surface area contributed by atoms with Gasteiger partial charge in [-0.3, -0.25) is 4.79 Å². The van der Waals surface area contributed by atoms with Crippen LogP contribution in [0.25, 0.3) is 0 Å². The number of hydrogen-bond donors (Lipinski definition) is 1. The van der Waals surface area contributed by atoms with E-state index >= 15 is 0 Å². The number of unbranched alkanes of at least 4 members (excludes halogenated alkanes) is 8.